The van der Waals surface area contributed by atoms with Gasteiger partial charge < -0.3 is 10.6 Å². The Morgan fingerprint density at radius 3 is 2.52 bits per heavy atom. The number of rotatable bonds is 10. The van der Waals surface area contributed by atoms with Crippen LogP contribution in [-0.2, 0) is 11.2 Å². The molecule has 0 aromatic heterocycles. The van der Waals surface area contributed by atoms with Crippen LogP contribution in [0.2, 0.25) is 0 Å². The summed E-state index contributed by atoms with van der Waals surface area (Å²) in [5.74, 6) is 0.187. The van der Waals surface area contributed by atoms with E-state index in [1.54, 1.807) is 0 Å². The van der Waals surface area contributed by atoms with Crippen molar-refractivity contribution in [3.05, 3.63) is 35.9 Å². The Balaban J connectivity index is 0.00000400. The molecule has 1 atom stereocenters. The first-order valence-corrected chi connectivity index (χ1v) is 7.74. The van der Waals surface area contributed by atoms with Crippen LogP contribution in [-0.4, -0.2) is 25.5 Å². The molecule has 1 amide bonds. The maximum atomic E-state index is 11.9. The minimum atomic E-state index is 0. The van der Waals surface area contributed by atoms with Gasteiger partial charge in [-0.15, -0.1) is 12.4 Å². The first-order chi connectivity index (χ1) is 9.76. The van der Waals surface area contributed by atoms with Gasteiger partial charge in [-0.2, -0.15) is 0 Å². The van der Waals surface area contributed by atoms with Crippen molar-refractivity contribution in [2.75, 3.05) is 13.6 Å². The third-order valence-corrected chi connectivity index (χ3v) is 3.46. The molecule has 21 heavy (non-hydrogen) atoms. The summed E-state index contributed by atoms with van der Waals surface area (Å²) in [4.78, 5) is 11.9. The zero-order chi connectivity index (χ0) is 14.6. The van der Waals surface area contributed by atoms with Crippen molar-refractivity contribution in [1.82, 2.24) is 10.6 Å². The Morgan fingerprint density at radius 1 is 1.19 bits per heavy atom. The van der Waals surface area contributed by atoms with Gasteiger partial charge in [0.1, 0.15) is 0 Å². The van der Waals surface area contributed by atoms with E-state index in [0.717, 1.165) is 38.6 Å². The molecule has 1 aromatic rings. The number of nitrogens with one attached hydrogen (secondary N) is 2. The summed E-state index contributed by atoms with van der Waals surface area (Å²) in [6.07, 6.45) is 5.74. The predicted octanol–water partition coefficient (Wildman–Crippen LogP) is 3.33. The average Bonchev–Trinajstić information content (AvgIpc) is 2.46. The maximum absolute atomic E-state index is 11.9. The van der Waals surface area contributed by atoms with Gasteiger partial charge >= 0.3 is 0 Å². The highest BCUT2D eigenvalue weighted by Gasteiger charge is 2.11. The molecule has 0 aliphatic heterocycles. The van der Waals surface area contributed by atoms with E-state index in [-0.39, 0.29) is 18.3 Å². The van der Waals surface area contributed by atoms with E-state index in [0.29, 0.717) is 12.5 Å². The largest absolute Gasteiger partial charge is 0.353 e. The lowest BCUT2D eigenvalue weighted by Gasteiger charge is -2.18. The molecule has 0 spiro atoms. The number of amides is 1. The smallest absolute Gasteiger partial charge is 0.220 e. The molecule has 0 aliphatic carbocycles. The third kappa shape index (κ3) is 9.48. The number of halogens is 1. The minimum Gasteiger partial charge on any atom is -0.353 e. The molecule has 1 unspecified atom stereocenters. The molecule has 2 N–H and O–H groups in total. The van der Waals surface area contributed by atoms with E-state index in [4.69, 9.17) is 0 Å². The lowest BCUT2D eigenvalue weighted by molar-refractivity contribution is -0.121. The van der Waals surface area contributed by atoms with Crippen molar-refractivity contribution >= 4 is 18.3 Å². The molecule has 1 rings (SSSR count). The second kappa shape index (κ2) is 12.7. The van der Waals surface area contributed by atoms with Crippen LogP contribution < -0.4 is 10.6 Å². The molecule has 120 valence electrons. The van der Waals surface area contributed by atoms with Gasteiger partial charge in [0.15, 0.2) is 0 Å². The molecular formula is C17H29ClN2O. The second-order valence-corrected chi connectivity index (χ2v) is 5.28. The maximum Gasteiger partial charge on any atom is 0.220 e. The van der Waals surface area contributed by atoms with E-state index in [2.05, 4.69) is 41.8 Å². The van der Waals surface area contributed by atoms with Crippen molar-refractivity contribution in [3.8, 4) is 0 Å². The van der Waals surface area contributed by atoms with Crippen molar-refractivity contribution in [2.24, 2.45) is 0 Å². The van der Waals surface area contributed by atoms with Gasteiger partial charge in [-0.1, -0.05) is 43.7 Å². The molecule has 0 saturated heterocycles. The highest BCUT2D eigenvalue weighted by Crippen LogP contribution is 2.09. The highest BCUT2D eigenvalue weighted by molar-refractivity contribution is 5.85. The van der Waals surface area contributed by atoms with Crippen LogP contribution in [0, 0.1) is 0 Å². The van der Waals surface area contributed by atoms with Gasteiger partial charge in [0.2, 0.25) is 5.91 Å². The Morgan fingerprint density at radius 2 is 1.90 bits per heavy atom. The normalized spacial score (nSPS) is 11.5. The summed E-state index contributed by atoms with van der Waals surface area (Å²) in [5, 5.41) is 6.25. The Bertz CT molecular complexity index is 370. The highest BCUT2D eigenvalue weighted by atomic mass is 35.5. The van der Waals surface area contributed by atoms with Crippen LogP contribution >= 0.6 is 12.4 Å². The number of benzene rings is 1. The zero-order valence-electron chi connectivity index (χ0n) is 13.2. The molecule has 0 bridgehead atoms. The summed E-state index contributed by atoms with van der Waals surface area (Å²) in [6, 6.07) is 10.8. The SMILES string of the molecule is CCCC(CCc1ccccc1)NC(=O)CCCNC.Cl. The first-order valence-electron chi connectivity index (χ1n) is 7.74. The van der Waals surface area contributed by atoms with Gasteiger partial charge in [-0.05, 0) is 44.8 Å². The van der Waals surface area contributed by atoms with Gasteiger partial charge in [0, 0.05) is 12.5 Å². The predicted molar refractivity (Wildman–Crippen MR) is 92.0 cm³/mol. The molecule has 0 fully saturated rings. The van der Waals surface area contributed by atoms with Crippen molar-refractivity contribution in [2.45, 2.75) is 51.5 Å². The zero-order valence-corrected chi connectivity index (χ0v) is 14.0. The van der Waals surface area contributed by atoms with E-state index in [9.17, 15) is 4.79 Å². The van der Waals surface area contributed by atoms with Crippen LogP contribution in [0.15, 0.2) is 30.3 Å². The van der Waals surface area contributed by atoms with Crippen LogP contribution in [0.25, 0.3) is 0 Å². The fourth-order valence-corrected chi connectivity index (χ4v) is 2.35. The number of hydrogen-bond donors (Lipinski definition) is 2. The summed E-state index contributed by atoms with van der Waals surface area (Å²) >= 11 is 0. The molecule has 4 heteroatoms. The molecule has 0 saturated carbocycles. The van der Waals surface area contributed by atoms with Gasteiger partial charge in [-0.3, -0.25) is 4.79 Å². The van der Waals surface area contributed by atoms with Crippen molar-refractivity contribution in [1.29, 1.82) is 0 Å². The molecule has 3 nitrogen and oxygen atoms in total. The van der Waals surface area contributed by atoms with E-state index in [1.807, 2.05) is 13.1 Å². The number of aryl methyl sites for hydroxylation is 1. The van der Waals surface area contributed by atoms with E-state index in [1.165, 1.54) is 5.56 Å². The van der Waals surface area contributed by atoms with Crippen LogP contribution in [0.1, 0.15) is 44.6 Å². The van der Waals surface area contributed by atoms with E-state index >= 15 is 0 Å². The number of hydrogen-bond acceptors (Lipinski definition) is 2. The molecule has 1 aromatic carbocycles. The summed E-state index contributed by atoms with van der Waals surface area (Å²) < 4.78 is 0. The lowest BCUT2D eigenvalue weighted by Crippen LogP contribution is -2.35. The first kappa shape index (κ1) is 19.9. The fourth-order valence-electron chi connectivity index (χ4n) is 2.35. The number of carbonyl (C=O) groups is 1. The Kier molecular flexibility index (Phi) is 12.0. The minimum absolute atomic E-state index is 0. The second-order valence-electron chi connectivity index (χ2n) is 5.28. The Hall–Kier alpha value is -1.06. The van der Waals surface area contributed by atoms with Crippen molar-refractivity contribution < 1.29 is 4.79 Å². The summed E-state index contributed by atoms with van der Waals surface area (Å²) in [6.45, 7) is 3.07. The van der Waals surface area contributed by atoms with Crippen LogP contribution in [0.3, 0.4) is 0 Å². The fraction of sp³-hybridized carbons (Fsp3) is 0.588. The monoisotopic (exact) mass is 312 g/mol. The lowest BCUT2D eigenvalue weighted by atomic mass is 10.0. The average molecular weight is 313 g/mol. The molecule has 0 aliphatic rings. The van der Waals surface area contributed by atoms with Gasteiger partial charge in [0.05, 0.1) is 0 Å². The molecular weight excluding hydrogens is 284 g/mol. The quantitative estimate of drug-likeness (QED) is 0.651. The molecule has 0 radical (unpaired) electrons. The van der Waals surface area contributed by atoms with E-state index < -0.39 is 0 Å². The standard InChI is InChI=1S/C17H28N2O.ClH/c1-3-8-16(19-17(20)11-7-14-18-2)13-12-15-9-5-4-6-10-15;/h4-6,9-10,16,18H,3,7-8,11-14H2,1-2H3,(H,19,20);1H. The summed E-state index contributed by atoms with van der Waals surface area (Å²) in [7, 11) is 1.91. The van der Waals surface area contributed by atoms with Crippen molar-refractivity contribution in [3.63, 3.8) is 0 Å². The molecule has 0 heterocycles. The van der Waals surface area contributed by atoms with Gasteiger partial charge in [0.25, 0.3) is 0 Å². The van der Waals surface area contributed by atoms with Crippen LogP contribution in [0.4, 0.5) is 0 Å². The van der Waals surface area contributed by atoms with Crippen LogP contribution in [0.5, 0.6) is 0 Å². The topological polar surface area (TPSA) is 41.1 Å². The number of carbonyl (C=O) groups excluding carboxylic acids is 1. The summed E-state index contributed by atoms with van der Waals surface area (Å²) in [5.41, 5.74) is 1.35. The Labute approximate surface area is 135 Å². The van der Waals surface area contributed by atoms with Gasteiger partial charge in [-0.25, -0.2) is 0 Å². The third-order valence-electron chi connectivity index (χ3n) is 3.46.